The molecule has 1 atom stereocenters. The average molecular weight is 104 g/mol. The van der Waals surface area contributed by atoms with Crippen molar-refractivity contribution in [2.24, 2.45) is 0 Å². The molecule has 0 aromatic heterocycles. The van der Waals surface area contributed by atoms with Crippen LogP contribution in [0.25, 0.3) is 0 Å². The number of rotatable bonds is 0. The second-order valence-corrected chi connectivity index (χ2v) is 1.94. The largest absolute Gasteiger partial charge is 0.333 e. The molecule has 0 aromatic carbocycles. The van der Waals surface area contributed by atoms with Crippen LogP contribution in [0.3, 0.4) is 0 Å². The molecule has 1 heterocycles. The van der Waals surface area contributed by atoms with Crippen LogP contribution in [0.15, 0.2) is 0 Å². The third-order valence-electron chi connectivity index (χ3n) is 0.539. The summed E-state index contributed by atoms with van der Waals surface area (Å²) in [7, 11) is 0.578. The highest BCUT2D eigenvalue weighted by Gasteiger charge is 2.03. The van der Waals surface area contributed by atoms with Crippen molar-refractivity contribution in [1.82, 2.24) is 10.4 Å². The van der Waals surface area contributed by atoms with Crippen molar-refractivity contribution in [2.45, 2.75) is 0 Å². The van der Waals surface area contributed by atoms with Gasteiger partial charge in [0.2, 0.25) is 0 Å². The standard InChI is InChI=1S/C2H5N2OP/c5-2-3-1-6-4-2/h6H,1H2,(H2,3,4,5). The van der Waals surface area contributed by atoms with Crippen LogP contribution in [0.5, 0.6) is 0 Å². The molecule has 0 radical (unpaired) electrons. The zero-order valence-electron chi connectivity index (χ0n) is 3.12. The van der Waals surface area contributed by atoms with Crippen LogP contribution < -0.4 is 10.4 Å². The molecule has 3 nitrogen and oxygen atoms in total. The molecule has 0 bridgehead atoms. The summed E-state index contributed by atoms with van der Waals surface area (Å²) in [5, 5.41) is 5.18. The van der Waals surface area contributed by atoms with Crippen LogP contribution in [0.4, 0.5) is 4.79 Å². The first kappa shape index (κ1) is 3.88. The molecule has 0 aliphatic carbocycles. The topological polar surface area (TPSA) is 41.1 Å². The fraction of sp³-hybridized carbons (Fsp3) is 0.500. The zero-order chi connectivity index (χ0) is 4.41. The fourth-order valence-electron chi connectivity index (χ4n) is 0.293. The monoisotopic (exact) mass is 104 g/mol. The highest BCUT2D eigenvalue weighted by molar-refractivity contribution is 7.37. The van der Waals surface area contributed by atoms with Gasteiger partial charge in [-0.3, -0.25) is 0 Å². The molecule has 1 fully saturated rings. The third-order valence-corrected chi connectivity index (χ3v) is 1.30. The summed E-state index contributed by atoms with van der Waals surface area (Å²) in [6.07, 6.45) is 0.804. The fourth-order valence-corrected chi connectivity index (χ4v) is 0.879. The molecule has 0 aromatic rings. The minimum Gasteiger partial charge on any atom is -0.333 e. The molecule has 1 unspecified atom stereocenters. The Labute approximate surface area is 37.3 Å². The summed E-state index contributed by atoms with van der Waals surface area (Å²) in [6.45, 7) is 0. The van der Waals surface area contributed by atoms with Crippen molar-refractivity contribution in [3.8, 4) is 0 Å². The zero-order valence-corrected chi connectivity index (χ0v) is 4.12. The van der Waals surface area contributed by atoms with E-state index in [-0.39, 0.29) is 6.03 Å². The van der Waals surface area contributed by atoms with Crippen LogP contribution >= 0.6 is 8.73 Å². The van der Waals surface area contributed by atoms with Gasteiger partial charge in [-0.1, -0.05) is 0 Å². The maximum absolute atomic E-state index is 10.0. The number of carbonyl (C=O) groups is 1. The van der Waals surface area contributed by atoms with E-state index in [2.05, 4.69) is 10.4 Å². The Balaban J connectivity index is 2.37. The van der Waals surface area contributed by atoms with Crippen LogP contribution in [-0.4, -0.2) is 12.3 Å². The van der Waals surface area contributed by atoms with Crippen LogP contribution in [0, 0.1) is 0 Å². The van der Waals surface area contributed by atoms with E-state index in [1.54, 1.807) is 0 Å². The summed E-state index contributed by atoms with van der Waals surface area (Å²) in [4.78, 5) is 10.0. The molecule has 2 amide bonds. The smallest absolute Gasteiger partial charge is 0.318 e. The summed E-state index contributed by atoms with van der Waals surface area (Å²) < 4.78 is 0. The van der Waals surface area contributed by atoms with Gasteiger partial charge in [0, 0.05) is 0 Å². The maximum Gasteiger partial charge on any atom is 0.318 e. The Bertz CT molecular complexity index is 65.9. The van der Waals surface area contributed by atoms with Gasteiger partial charge >= 0.3 is 6.03 Å². The van der Waals surface area contributed by atoms with Gasteiger partial charge in [0.25, 0.3) is 0 Å². The Morgan fingerprint density at radius 1 is 1.83 bits per heavy atom. The lowest BCUT2D eigenvalue weighted by molar-refractivity contribution is 0.249. The molecule has 1 rings (SSSR count). The minimum absolute atomic E-state index is 0.0340. The number of hydrogen-bond donors (Lipinski definition) is 2. The van der Waals surface area contributed by atoms with E-state index in [1.807, 2.05) is 0 Å². The summed E-state index contributed by atoms with van der Waals surface area (Å²) in [5.74, 6) is 0. The lowest BCUT2D eigenvalue weighted by Crippen LogP contribution is -2.19. The maximum atomic E-state index is 10.0. The predicted octanol–water partition coefficient (Wildman–Crippen LogP) is -0.150. The number of carbonyl (C=O) groups excluding carboxylic acids is 1. The average Bonchev–Trinajstić information content (AvgIpc) is 1.86. The van der Waals surface area contributed by atoms with Gasteiger partial charge in [-0.2, -0.15) is 0 Å². The van der Waals surface area contributed by atoms with Gasteiger partial charge in [0.15, 0.2) is 0 Å². The van der Waals surface area contributed by atoms with Crippen molar-refractivity contribution in [3.63, 3.8) is 0 Å². The van der Waals surface area contributed by atoms with Crippen molar-refractivity contribution < 1.29 is 4.79 Å². The van der Waals surface area contributed by atoms with Crippen LogP contribution in [-0.2, 0) is 0 Å². The van der Waals surface area contributed by atoms with Crippen LogP contribution in [0.2, 0.25) is 0 Å². The van der Waals surface area contributed by atoms with Crippen molar-refractivity contribution >= 4 is 14.8 Å². The molecule has 1 aliphatic heterocycles. The Kier molecular flexibility index (Phi) is 0.926. The van der Waals surface area contributed by atoms with Gasteiger partial charge in [-0.15, -0.1) is 0 Å². The number of urea groups is 1. The molecule has 4 heteroatoms. The van der Waals surface area contributed by atoms with Crippen molar-refractivity contribution in [3.05, 3.63) is 0 Å². The molecule has 34 valence electrons. The van der Waals surface area contributed by atoms with Gasteiger partial charge in [0.05, 0.1) is 6.29 Å². The Morgan fingerprint density at radius 2 is 2.67 bits per heavy atom. The van der Waals surface area contributed by atoms with Gasteiger partial charge < -0.3 is 10.4 Å². The molecule has 2 N–H and O–H groups in total. The Hall–Kier alpha value is -0.300. The summed E-state index contributed by atoms with van der Waals surface area (Å²) in [5.41, 5.74) is 0. The van der Waals surface area contributed by atoms with E-state index in [4.69, 9.17) is 0 Å². The summed E-state index contributed by atoms with van der Waals surface area (Å²) >= 11 is 0. The molecule has 0 spiro atoms. The lowest BCUT2D eigenvalue weighted by atomic mass is 11.0. The first-order valence-electron chi connectivity index (χ1n) is 1.66. The van der Waals surface area contributed by atoms with E-state index < -0.39 is 0 Å². The minimum atomic E-state index is -0.0340. The molecule has 1 saturated heterocycles. The van der Waals surface area contributed by atoms with Gasteiger partial charge in [-0.25, -0.2) is 4.79 Å². The van der Waals surface area contributed by atoms with Crippen molar-refractivity contribution in [2.75, 3.05) is 6.29 Å². The lowest BCUT2D eigenvalue weighted by Gasteiger charge is -1.80. The van der Waals surface area contributed by atoms with E-state index >= 15 is 0 Å². The second kappa shape index (κ2) is 1.43. The third kappa shape index (κ3) is 0.601. The van der Waals surface area contributed by atoms with Crippen LogP contribution in [0.1, 0.15) is 0 Å². The first-order chi connectivity index (χ1) is 2.89. The molecule has 0 saturated carbocycles. The number of nitrogens with one attached hydrogen (secondary N) is 2. The molecular weight excluding hydrogens is 99.0 g/mol. The highest BCUT2D eigenvalue weighted by atomic mass is 31.1. The highest BCUT2D eigenvalue weighted by Crippen LogP contribution is 2.03. The van der Waals surface area contributed by atoms with E-state index in [0.717, 1.165) is 6.29 Å². The SMILES string of the molecule is O=C1NCPN1. The quantitative estimate of drug-likeness (QED) is 0.412. The Morgan fingerprint density at radius 3 is 2.83 bits per heavy atom. The molecular formula is C2H5N2OP. The van der Waals surface area contributed by atoms with E-state index in [9.17, 15) is 4.79 Å². The predicted molar refractivity (Wildman–Crippen MR) is 24.8 cm³/mol. The first-order valence-corrected chi connectivity index (χ1v) is 2.87. The number of amides is 2. The number of hydrogen-bond acceptors (Lipinski definition) is 1. The van der Waals surface area contributed by atoms with E-state index in [0.29, 0.717) is 8.73 Å². The van der Waals surface area contributed by atoms with Crippen molar-refractivity contribution in [1.29, 1.82) is 0 Å². The van der Waals surface area contributed by atoms with Gasteiger partial charge in [-0.05, 0) is 8.73 Å². The molecule has 1 aliphatic rings. The second-order valence-electron chi connectivity index (χ2n) is 0.984. The summed E-state index contributed by atoms with van der Waals surface area (Å²) in [6, 6.07) is -0.0340. The van der Waals surface area contributed by atoms with E-state index in [1.165, 1.54) is 0 Å². The molecule has 6 heavy (non-hydrogen) atoms. The normalized spacial score (nSPS) is 23.7. The van der Waals surface area contributed by atoms with Gasteiger partial charge in [0.1, 0.15) is 0 Å².